The molecule has 1 aliphatic heterocycles. The molecule has 0 radical (unpaired) electrons. The van der Waals surface area contributed by atoms with Gasteiger partial charge in [-0.3, -0.25) is 14.3 Å². The van der Waals surface area contributed by atoms with E-state index in [1.54, 1.807) is 10.8 Å². The standard InChI is InChI=1S/C21H21N3O/c1-14-5-6-17(12-15(14)2)21(25)24-13-18(16-7-10-22-11-8-16)20-19(24)4-3-9-23-20/h3-7,9,12-13,22H,8,10-11H2,1-2H3. The van der Waals surface area contributed by atoms with Crippen molar-refractivity contribution in [2.45, 2.75) is 20.3 Å². The van der Waals surface area contributed by atoms with Crippen molar-refractivity contribution in [1.29, 1.82) is 0 Å². The Bertz CT molecular complexity index is 998. The van der Waals surface area contributed by atoms with E-state index in [9.17, 15) is 4.79 Å². The molecule has 0 atom stereocenters. The van der Waals surface area contributed by atoms with Crippen molar-refractivity contribution < 1.29 is 4.79 Å². The quantitative estimate of drug-likeness (QED) is 0.778. The van der Waals surface area contributed by atoms with Gasteiger partial charge in [0.2, 0.25) is 0 Å². The second kappa shape index (κ2) is 6.30. The number of carbonyl (C=O) groups excluding carboxylic acids is 1. The molecule has 0 saturated heterocycles. The number of benzene rings is 1. The van der Waals surface area contributed by atoms with Crippen molar-refractivity contribution in [3.63, 3.8) is 0 Å². The third kappa shape index (κ3) is 2.79. The summed E-state index contributed by atoms with van der Waals surface area (Å²) in [6, 6.07) is 9.71. The fraction of sp³-hybridized carbons (Fsp3) is 0.238. The zero-order chi connectivity index (χ0) is 17.4. The van der Waals surface area contributed by atoms with Gasteiger partial charge < -0.3 is 5.32 Å². The maximum atomic E-state index is 13.1. The number of aromatic nitrogens is 2. The Morgan fingerprint density at radius 3 is 2.84 bits per heavy atom. The summed E-state index contributed by atoms with van der Waals surface area (Å²) in [6.07, 6.45) is 6.88. The van der Waals surface area contributed by atoms with E-state index in [1.807, 2.05) is 43.5 Å². The third-order valence-corrected chi connectivity index (χ3v) is 4.94. The van der Waals surface area contributed by atoms with Gasteiger partial charge in [0.15, 0.2) is 0 Å². The van der Waals surface area contributed by atoms with E-state index in [-0.39, 0.29) is 5.91 Å². The minimum atomic E-state index is -0.0121. The van der Waals surface area contributed by atoms with Crippen LogP contribution >= 0.6 is 0 Å². The number of carbonyl (C=O) groups is 1. The van der Waals surface area contributed by atoms with Gasteiger partial charge in [0, 0.05) is 30.1 Å². The highest BCUT2D eigenvalue weighted by molar-refractivity contribution is 6.04. The van der Waals surface area contributed by atoms with Gasteiger partial charge in [-0.25, -0.2) is 0 Å². The molecule has 2 aromatic heterocycles. The Morgan fingerprint density at radius 1 is 1.20 bits per heavy atom. The molecule has 25 heavy (non-hydrogen) atoms. The maximum Gasteiger partial charge on any atom is 0.262 e. The average Bonchev–Trinajstić information content (AvgIpc) is 3.04. The van der Waals surface area contributed by atoms with Gasteiger partial charge >= 0.3 is 0 Å². The summed E-state index contributed by atoms with van der Waals surface area (Å²) in [4.78, 5) is 17.7. The molecule has 0 unspecified atom stereocenters. The third-order valence-electron chi connectivity index (χ3n) is 4.94. The van der Waals surface area contributed by atoms with Gasteiger partial charge in [0.1, 0.15) is 0 Å². The number of aryl methyl sites for hydroxylation is 2. The number of rotatable bonds is 2. The molecule has 4 heteroatoms. The van der Waals surface area contributed by atoms with Crippen molar-refractivity contribution in [3.05, 3.63) is 71.1 Å². The van der Waals surface area contributed by atoms with Crippen LogP contribution in [0.1, 0.15) is 33.5 Å². The van der Waals surface area contributed by atoms with Gasteiger partial charge in [-0.15, -0.1) is 0 Å². The molecule has 0 bridgehead atoms. The first-order chi connectivity index (χ1) is 12.1. The fourth-order valence-electron chi connectivity index (χ4n) is 3.34. The van der Waals surface area contributed by atoms with Gasteiger partial charge in [-0.1, -0.05) is 12.1 Å². The highest BCUT2D eigenvalue weighted by atomic mass is 16.2. The minimum absolute atomic E-state index is 0.0121. The highest BCUT2D eigenvalue weighted by Crippen LogP contribution is 2.29. The van der Waals surface area contributed by atoms with E-state index in [0.717, 1.165) is 41.7 Å². The number of nitrogens with zero attached hydrogens (tertiary/aromatic N) is 2. The number of pyridine rings is 1. The van der Waals surface area contributed by atoms with Crippen molar-refractivity contribution >= 4 is 22.5 Å². The molecule has 0 spiro atoms. The topological polar surface area (TPSA) is 46.9 Å². The predicted molar refractivity (Wildman–Crippen MR) is 101 cm³/mol. The van der Waals surface area contributed by atoms with E-state index >= 15 is 0 Å². The van der Waals surface area contributed by atoms with Crippen LogP contribution in [0, 0.1) is 13.8 Å². The van der Waals surface area contributed by atoms with Gasteiger partial charge in [-0.05, 0) is 67.8 Å². The number of hydrogen-bond acceptors (Lipinski definition) is 3. The van der Waals surface area contributed by atoms with E-state index in [0.29, 0.717) is 5.56 Å². The molecular weight excluding hydrogens is 310 g/mol. The number of nitrogens with one attached hydrogen (secondary N) is 1. The largest absolute Gasteiger partial charge is 0.313 e. The zero-order valence-electron chi connectivity index (χ0n) is 14.5. The van der Waals surface area contributed by atoms with Gasteiger partial charge in [-0.2, -0.15) is 0 Å². The van der Waals surface area contributed by atoms with Crippen LogP contribution in [0.5, 0.6) is 0 Å². The lowest BCUT2D eigenvalue weighted by molar-refractivity contribution is 0.0965. The molecule has 1 aliphatic rings. The summed E-state index contributed by atoms with van der Waals surface area (Å²) in [6.45, 7) is 5.91. The molecular formula is C21H21N3O. The van der Waals surface area contributed by atoms with Crippen LogP contribution in [0.2, 0.25) is 0 Å². The second-order valence-electron chi connectivity index (χ2n) is 6.57. The summed E-state index contributed by atoms with van der Waals surface area (Å²) < 4.78 is 1.74. The molecule has 0 amide bonds. The van der Waals surface area contributed by atoms with Crippen LogP contribution < -0.4 is 5.32 Å². The lowest BCUT2D eigenvalue weighted by Gasteiger charge is -2.12. The van der Waals surface area contributed by atoms with Crippen LogP contribution in [0.25, 0.3) is 16.6 Å². The molecule has 4 rings (SSSR count). The van der Waals surface area contributed by atoms with Crippen LogP contribution in [0.15, 0.2) is 48.8 Å². The van der Waals surface area contributed by atoms with Crippen molar-refractivity contribution in [1.82, 2.24) is 14.9 Å². The molecule has 0 aliphatic carbocycles. The van der Waals surface area contributed by atoms with Gasteiger partial charge in [0.25, 0.3) is 5.91 Å². The first-order valence-corrected chi connectivity index (χ1v) is 8.63. The van der Waals surface area contributed by atoms with Crippen molar-refractivity contribution in [2.75, 3.05) is 13.1 Å². The summed E-state index contributed by atoms with van der Waals surface area (Å²) >= 11 is 0. The lowest BCUT2D eigenvalue weighted by Crippen LogP contribution is -2.20. The van der Waals surface area contributed by atoms with E-state index in [2.05, 4.69) is 23.3 Å². The predicted octanol–water partition coefficient (Wildman–Crippen LogP) is 3.72. The summed E-state index contributed by atoms with van der Waals surface area (Å²) in [5.41, 5.74) is 7.10. The smallest absolute Gasteiger partial charge is 0.262 e. The molecule has 3 heterocycles. The van der Waals surface area contributed by atoms with Crippen molar-refractivity contribution in [3.8, 4) is 0 Å². The SMILES string of the molecule is Cc1ccc(C(=O)n2cc(C3=CCNCC3)c3ncccc32)cc1C. The minimum Gasteiger partial charge on any atom is -0.313 e. The average molecular weight is 331 g/mol. The number of fused-ring (bicyclic) bond motifs is 1. The van der Waals surface area contributed by atoms with E-state index in [4.69, 9.17) is 0 Å². The Morgan fingerprint density at radius 2 is 2.08 bits per heavy atom. The summed E-state index contributed by atoms with van der Waals surface area (Å²) in [5, 5.41) is 3.33. The molecule has 3 aromatic rings. The number of hydrogen-bond donors (Lipinski definition) is 1. The van der Waals surface area contributed by atoms with E-state index in [1.165, 1.54) is 11.1 Å². The Hall–Kier alpha value is -2.72. The van der Waals surface area contributed by atoms with Crippen molar-refractivity contribution in [2.24, 2.45) is 0 Å². The highest BCUT2D eigenvalue weighted by Gasteiger charge is 2.19. The van der Waals surface area contributed by atoms with Crippen LogP contribution in [-0.4, -0.2) is 28.5 Å². The normalized spacial score (nSPS) is 14.6. The van der Waals surface area contributed by atoms with Crippen LogP contribution in [0.4, 0.5) is 0 Å². The molecule has 4 nitrogen and oxygen atoms in total. The molecule has 1 N–H and O–H groups in total. The van der Waals surface area contributed by atoms with Gasteiger partial charge in [0.05, 0.1) is 11.0 Å². The lowest BCUT2D eigenvalue weighted by atomic mass is 10.0. The van der Waals surface area contributed by atoms with E-state index < -0.39 is 0 Å². The second-order valence-corrected chi connectivity index (χ2v) is 6.57. The van der Waals surface area contributed by atoms with Crippen LogP contribution in [-0.2, 0) is 0 Å². The monoisotopic (exact) mass is 331 g/mol. The maximum absolute atomic E-state index is 13.1. The zero-order valence-corrected chi connectivity index (χ0v) is 14.5. The summed E-state index contributed by atoms with van der Waals surface area (Å²) in [5.74, 6) is -0.0121. The Kier molecular flexibility index (Phi) is 3.98. The Balaban J connectivity index is 1.85. The molecule has 0 fully saturated rings. The molecule has 1 aromatic carbocycles. The van der Waals surface area contributed by atoms with Crippen LogP contribution in [0.3, 0.4) is 0 Å². The molecule has 0 saturated carbocycles. The molecule has 126 valence electrons. The Labute approximate surface area is 147 Å². The first kappa shape index (κ1) is 15.8. The summed E-state index contributed by atoms with van der Waals surface area (Å²) in [7, 11) is 0. The fourth-order valence-corrected chi connectivity index (χ4v) is 3.34. The first-order valence-electron chi connectivity index (χ1n) is 8.63.